The number of halogens is 1. The van der Waals surface area contributed by atoms with Crippen LogP contribution < -0.4 is 10.6 Å². The van der Waals surface area contributed by atoms with E-state index in [1.54, 1.807) is 48.5 Å². The molecule has 0 saturated heterocycles. The molecule has 132 valence electrons. The van der Waals surface area contributed by atoms with Gasteiger partial charge in [-0.15, -0.1) is 10.2 Å². The number of amides is 3. The number of urea groups is 1. The topological polar surface area (TPSA) is 97.1 Å². The second kappa shape index (κ2) is 8.50. The predicted molar refractivity (Wildman–Crippen MR) is 99.1 cm³/mol. The lowest BCUT2D eigenvalue weighted by Crippen LogP contribution is -2.35. The molecule has 9 heteroatoms. The molecular weight excluding hydrogens is 376 g/mol. The fourth-order valence-corrected chi connectivity index (χ4v) is 2.77. The zero-order chi connectivity index (χ0) is 18.4. The lowest BCUT2D eigenvalue weighted by Gasteiger charge is -2.05. The van der Waals surface area contributed by atoms with E-state index in [4.69, 9.17) is 16.0 Å². The van der Waals surface area contributed by atoms with Crippen LogP contribution in [0, 0.1) is 0 Å². The van der Waals surface area contributed by atoms with Crippen molar-refractivity contribution >= 4 is 41.0 Å². The highest BCUT2D eigenvalue weighted by Gasteiger charge is 2.14. The van der Waals surface area contributed by atoms with Crippen molar-refractivity contribution in [3.8, 4) is 11.5 Å². The number of rotatable bonds is 5. The molecule has 26 heavy (non-hydrogen) atoms. The van der Waals surface area contributed by atoms with E-state index in [-0.39, 0.29) is 16.9 Å². The average molecular weight is 389 g/mol. The molecular formula is C17H13ClN4O3S. The van der Waals surface area contributed by atoms with Crippen molar-refractivity contribution in [1.82, 2.24) is 15.5 Å². The summed E-state index contributed by atoms with van der Waals surface area (Å²) in [5, 5.41) is 13.2. The number of para-hydroxylation sites is 1. The number of anilines is 1. The lowest BCUT2D eigenvalue weighted by atomic mass is 10.2. The Morgan fingerprint density at radius 2 is 1.77 bits per heavy atom. The van der Waals surface area contributed by atoms with Crippen LogP contribution in [0.5, 0.6) is 0 Å². The van der Waals surface area contributed by atoms with Gasteiger partial charge >= 0.3 is 6.03 Å². The van der Waals surface area contributed by atoms with Gasteiger partial charge in [0.15, 0.2) is 0 Å². The van der Waals surface area contributed by atoms with Gasteiger partial charge in [0, 0.05) is 5.69 Å². The minimum Gasteiger partial charge on any atom is -0.411 e. The molecule has 0 unspecified atom stereocenters. The van der Waals surface area contributed by atoms with Crippen LogP contribution in [-0.2, 0) is 4.79 Å². The first-order chi connectivity index (χ1) is 12.6. The van der Waals surface area contributed by atoms with E-state index in [2.05, 4.69) is 20.8 Å². The Morgan fingerprint density at radius 1 is 1.04 bits per heavy atom. The van der Waals surface area contributed by atoms with Crippen molar-refractivity contribution < 1.29 is 14.0 Å². The van der Waals surface area contributed by atoms with Crippen LogP contribution in [0.1, 0.15) is 0 Å². The highest BCUT2D eigenvalue weighted by Crippen LogP contribution is 2.28. The van der Waals surface area contributed by atoms with Crippen LogP contribution in [0.3, 0.4) is 0 Å². The lowest BCUT2D eigenvalue weighted by molar-refractivity contribution is -0.117. The van der Waals surface area contributed by atoms with Gasteiger partial charge in [0.2, 0.25) is 11.8 Å². The van der Waals surface area contributed by atoms with Gasteiger partial charge in [0.25, 0.3) is 5.22 Å². The second-order valence-electron chi connectivity index (χ2n) is 5.01. The fraction of sp³-hybridized carbons (Fsp3) is 0.0588. The molecule has 0 radical (unpaired) electrons. The van der Waals surface area contributed by atoms with Crippen molar-refractivity contribution in [1.29, 1.82) is 0 Å². The maximum Gasteiger partial charge on any atom is 0.325 e. The van der Waals surface area contributed by atoms with Crippen LogP contribution in [0.4, 0.5) is 10.5 Å². The molecule has 0 saturated carbocycles. The van der Waals surface area contributed by atoms with Crippen LogP contribution >= 0.6 is 23.4 Å². The third-order valence-electron chi connectivity index (χ3n) is 3.12. The Labute approximate surface area is 158 Å². The van der Waals surface area contributed by atoms with E-state index in [9.17, 15) is 9.59 Å². The fourth-order valence-electron chi connectivity index (χ4n) is 1.99. The normalized spacial score (nSPS) is 10.3. The van der Waals surface area contributed by atoms with E-state index < -0.39 is 11.9 Å². The molecule has 3 aromatic rings. The zero-order valence-corrected chi connectivity index (χ0v) is 14.9. The number of nitrogens with zero attached hydrogens (tertiary/aromatic N) is 2. The van der Waals surface area contributed by atoms with Crippen LogP contribution in [0.15, 0.2) is 64.2 Å². The third kappa shape index (κ3) is 4.84. The molecule has 0 aliphatic heterocycles. The summed E-state index contributed by atoms with van der Waals surface area (Å²) in [5.74, 6) is -0.270. The van der Waals surface area contributed by atoms with Gasteiger partial charge in [-0.05, 0) is 24.3 Å². The number of carbonyl (C=O) groups excluding carboxylic acids is 2. The number of imide groups is 1. The molecule has 7 nitrogen and oxygen atoms in total. The zero-order valence-electron chi connectivity index (χ0n) is 13.3. The number of benzene rings is 2. The summed E-state index contributed by atoms with van der Waals surface area (Å²) >= 11 is 7.10. The van der Waals surface area contributed by atoms with Gasteiger partial charge in [-0.2, -0.15) is 0 Å². The van der Waals surface area contributed by atoms with Crippen LogP contribution in [0.25, 0.3) is 11.5 Å². The van der Waals surface area contributed by atoms with E-state index in [0.29, 0.717) is 16.3 Å². The predicted octanol–water partition coefficient (Wildman–Crippen LogP) is 3.83. The molecule has 1 heterocycles. The number of hydrogen-bond acceptors (Lipinski definition) is 6. The van der Waals surface area contributed by atoms with Gasteiger partial charge in [-0.3, -0.25) is 10.1 Å². The minimum atomic E-state index is -0.607. The van der Waals surface area contributed by atoms with Crippen molar-refractivity contribution in [2.75, 3.05) is 11.1 Å². The number of thioether (sulfide) groups is 1. The molecule has 0 atom stereocenters. The Kier molecular flexibility index (Phi) is 5.88. The standard InChI is InChI=1S/C17H13ClN4O3S/c18-13-9-5-4-8-12(13)15-21-22-17(25-15)26-10-14(23)20-16(24)19-11-6-2-1-3-7-11/h1-9H,10H2,(H2,19,20,23,24). The summed E-state index contributed by atoms with van der Waals surface area (Å²) in [6, 6.07) is 15.3. The Balaban J connectivity index is 1.51. The molecule has 2 N–H and O–H groups in total. The highest BCUT2D eigenvalue weighted by atomic mass is 35.5. The molecule has 3 amide bonds. The first-order valence-corrected chi connectivity index (χ1v) is 8.85. The van der Waals surface area contributed by atoms with E-state index in [1.807, 2.05) is 6.07 Å². The monoisotopic (exact) mass is 388 g/mol. The second-order valence-corrected chi connectivity index (χ2v) is 6.34. The van der Waals surface area contributed by atoms with E-state index >= 15 is 0 Å². The minimum absolute atomic E-state index is 0.0492. The molecule has 0 aliphatic rings. The van der Waals surface area contributed by atoms with E-state index in [1.165, 1.54) is 0 Å². The summed E-state index contributed by atoms with van der Waals surface area (Å²) in [5.41, 5.74) is 1.20. The van der Waals surface area contributed by atoms with Crippen molar-refractivity contribution in [3.63, 3.8) is 0 Å². The third-order valence-corrected chi connectivity index (χ3v) is 4.27. The number of nitrogens with one attached hydrogen (secondary N) is 2. The van der Waals surface area contributed by atoms with Crippen molar-refractivity contribution in [2.24, 2.45) is 0 Å². The van der Waals surface area contributed by atoms with Crippen molar-refractivity contribution in [3.05, 3.63) is 59.6 Å². The molecule has 0 bridgehead atoms. The molecule has 0 aliphatic carbocycles. The molecule has 0 fully saturated rings. The number of aromatic nitrogens is 2. The molecule has 0 spiro atoms. The SMILES string of the molecule is O=C(CSc1nnc(-c2ccccc2Cl)o1)NC(=O)Nc1ccccc1. The van der Waals surface area contributed by atoms with Gasteiger partial charge in [-0.1, -0.05) is 53.7 Å². The van der Waals surface area contributed by atoms with Gasteiger partial charge in [0.05, 0.1) is 16.3 Å². The molecule has 3 rings (SSSR count). The quantitative estimate of drug-likeness (QED) is 0.645. The van der Waals surface area contributed by atoms with Gasteiger partial charge < -0.3 is 9.73 Å². The first-order valence-electron chi connectivity index (χ1n) is 7.49. The summed E-state index contributed by atoms with van der Waals surface area (Å²) in [6.07, 6.45) is 0. The summed E-state index contributed by atoms with van der Waals surface area (Å²) in [7, 11) is 0. The van der Waals surface area contributed by atoms with Crippen LogP contribution in [0.2, 0.25) is 5.02 Å². The number of hydrogen-bond donors (Lipinski definition) is 2. The maximum atomic E-state index is 11.8. The first kappa shape index (κ1) is 18.0. The smallest absolute Gasteiger partial charge is 0.325 e. The number of carbonyl (C=O) groups is 2. The van der Waals surface area contributed by atoms with Crippen LogP contribution in [-0.4, -0.2) is 27.9 Å². The van der Waals surface area contributed by atoms with E-state index in [0.717, 1.165) is 11.8 Å². The van der Waals surface area contributed by atoms with Gasteiger partial charge in [-0.25, -0.2) is 4.79 Å². The summed E-state index contributed by atoms with van der Waals surface area (Å²) in [4.78, 5) is 23.6. The highest BCUT2D eigenvalue weighted by molar-refractivity contribution is 7.99. The Bertz CT molecular complexity index is 917. The summed E-state index contributed by atoms with van der Waals surface area (Å²) < 4.78 is 5.48. The van der Waals surface area contributed by atoms with Crippen molar-refractivity contribution in [2.45, 2.75) is 5.22 Å². The molecule has 1 aromatic heterocycles. The molecule has 2 aromatic carbocycles. The maximum absolute atomic E-state index is 11.8. The Morgan fingerprint density at radius 3 is 2.54 bits per heavy atom. The largest absolute Gasteiger partial charge is 0.411 e. The van der Waals surface area contributed by atoms with Gasteiger partial charge in [0.1, 0.15) is 0 Å². The Hall–Kier alpha value is -2.84. The average Bonchev–Trinajstić information content (AvgIpc) is 3.10. The summed E-state index contributed by atoms with van der Waals surface area (Å²) in [6.45, 7) is 0.